The Balaban J connectivity index is 3.09. The topological polar surface area (TPSA) is 61.5 Å². The lowest BCUT2D eigenvalue weighted by molar-refractivity contribution is 0.0533. The molecule has 1 aromatic rings. The highest BCUT2D eigenvalue weighted by Crippen LogP contribution is 2.38. The maximum absolute atomic E-state index is 11.5. The number of hydrogen-bond donors (Lipinski definition) is 1. The number of ether oxygens (including phenoxy) is 2. The molecule has 0 amide bonds. The summed E-state index contributed by atoms with van der Waals surface area (Å²) in [5.41, 5.74) is 7.22. The molecule has 0 aliphatic rings. The van der Waals surface area contributed by atoms with Crippen LogP contribution < -0.4 is 10.5 Å². The van der Waals surface area contributed by atoms with Gasteiger partial charge in [-0.25, -0.2) is 4.79 Å². The van der Waals surface area contributed by atoms with Crippen LogP contribution in [-0.2, 0) is 11.2 Å². The van der Waals surface area contributed by atoms with Crippen LogP contribution in [0.3, 0.4) is 0 Å². The van der Waals surface area contributed by atoms with Gasteiger partial charge in [-0.2, -0.15) is 0 Å². The van der Waals surface area contributed by atoms with Crippen molar-refractivity contribution in [1.29, 1.82) is 0 Å². The highest BCUT2D eigenvalue weighted by atomic mass is 32.1. The van der Waals surface area contributed by atoms with Crippen molar-refractivity contribution >= 4 is 23.0 Å². The molecule has 0 aromatic carbocycles. The van der Waals surface area contributed by atoms with Gasteiger partial charge in [0.25, 0.3) is 0 Å². The fourth-order valence-corrected chi connectivity index (χ4v) is 2.33. The molecule has 0 aliphatic carbocycles. The van der Waals surface area contributed by atoms with Crippen molar-refractivity contribution in [3.05, 3.63) is 10.4 Å². The average molecular weight is 229 g/mol. The predicted octanol–water partition coefficient (Wildman–Crippen LogP) is 2.08. The molecule has 0 bridgehead atoms. The number of nitrogen functional groups attached to an aromatic ring is 1. The maximum atomic E-state index is 11.5. The van der Waals surface area contributed by atoms with Gasteiger partial charge in [-0.05, 0) is 13.3 Å². The molecule has 0 fully saturated rings. The molecule has 0 saturated carbocycles. The largest absolute Gasteiger partial charge is 0.487 e. The highest BCUT2D eigenvalue weighted by molar-refractivity contribution is 7.16. The molecule has 0 saturated heterocycles. The predicted molar refractivity (Wildman–Crippen MR) is 60.6 cm³/mol. The molecule has 84 valence electrons. The average Bonchev–Trinajstić information content (AvgIpc) is 2.55. The number of rotatable bonds is 4. The summed E-state index contributed by atoms with van der Waals surface area (Å²) in [7, 11) is 1.57. The Morgan fingerprint density at radius 1 is 1.47 bits per heavy atom. The third-order valence-corrected chi connectivity index (χ3v) is 3.20. The molecular weight excluding hydrogens is 214 g/mol. The van der Waals surface area contributed by atoms with Crippen LogP contribution in [0.2, 0.25) is 0 Å². The number of hydrogen-bond acceptors (Lipinski definition) is 5. The Hall–Kier alpha value is -1.23. The van der Waals surface area contributed by atoms with Gasteiger partial charge in [0.1, 0.15) is 4.88 Å². The van der Waals surface area contributed by atoms with Crippen LogP contribution in [0.25, 0.3) is 0 Å². The lowest BCUT2D eigenvalue weighted by Crippen LogP contribution is -2.05. The maximum Gasteiger partial charge on any atom is 0.350 e. The van der Waals surface area contributed by atoms with Gasteiger partial charge in [0.15, 0.2) is 5.06 Å². The van der Waals surface area contributed by atoms with E-state index in [1.54, 1.807) is 14.0 Å². The standard InChI is InChI=1S/C10H15NO3S/c1-4-6-7(11)8(9(12)14-5-2)15-10(6)13-3/h4-5,11H2,1-3H3. The van der Waals surface area contributed by atoms with E-state index in [-0.39, 0.29) is 5.97 Å². The van der Waals surface area contributed by atoms with Crippen molar-refractivity contribution in [3.63, 3.8) is 0 Å². The molecule has 5 heteroatoms. The number of methoxy groups -OCH3 is 1. The van der Waals surface area contributed by atoms with E-state index < -0.39 is 0 Å². The van der Waals surface area contributed by atoms with Crippen molar-refractivity contribution in [1.82, 2.24) is 0 Å². The minimum atomic E-state index is -0.377. The van der Waals surface area contributed by atoms with E-state index in [4.69, 9.17) is 15.2 Å². The Morgan fingerprint density at radius 3 is 2.53 bits per heavy atom. The summed E-state index contributed by atoms with van der Waals surface area (Å²) in [5.74, 6) is -0.377. The van der Waals surface area contributed by atoms with Crippen molar-refractivity contribution in [3.8, 4) is 5.06 Å². The highest BCUT2D eigenvalue weighted by Gasteiger charge is 2.21. The van der Waals surface area contributed by atoms with Crippen LogP contribution in [0.15, 0.2) is 0 Å². The summed E-state index contributed by atoms with van der Waals surface area (Å²) in [5, 5.41) is 0.693. The first kappa shape index (κ1) is 11.8. The van der Waals surface area contributed by atoms with E-state index in [2.05, 4.69) is 0 Å². The molecule has 1 aromatic heterocycles. The van der Waals surface area contributed by atoms with Crippen molar-refractivity contribution in [2.24, 2.45) is 0 Å². The van der Waals surface area contributed by atoms with E-state index in [1.165, 1.54) is 11.3 Å². The fourth-order valence-electron chi connectivity index (χ4n) is 1.30. The molecular formula is C10H15NO3S. The smallest absolute Gasteiger partial charge is 0.350 e. The Bertz CT molecular complexity index is 360. The van der Waals surface area contributed by atoms with E-state index in [0.717, 1.165) is 12.0 Å². The van der Waals surface area contributed by atoms with Crippen LogP contribution >= 0.6 is 11.3 Å². The van der Waals surface area contributed by atoms with E-state index in [0.29, 0.717) is 22.2 Å². The van der Waals surface area contributed by atoms with Crippen LogP contribution in [0.5, 0.6) is 5.06 Å². The SMILES string of the molecule is CCOC(=O)c1sc(OC)c(CC)c1N. The van der Waals surface area contributed by atoms with Gasteiger partial charge >= 0.3 is 5.97 Å². The van der Waals surface area contributed by atoms with Crippen molar-refractivity contribution in [2.75, 3.05) is 19.5 Å². The normalized spacial score (nSPS) is 10.1. The monoisotopic (exact) mass is 229 g/mol. The summed E-state index contributed by atoms with van der Waals surface area (Å²) in [6.45, 7) is 4.08. The molecule has 0 atom stereocenters. The van der Waals surface area contributed by atoms with Gasteiger partial charge in [-0.3, -0.25) is 0 Å². The molecule has 1 rings (SSSR count). The zero-order valence-electron chi connectivity index (χ0n) is 9.12. The zero-order chi connectivity index (χ0) is 11.4. The molecule has 4 nitrogen and oxygen atoms in total. The van der Waals surface area contributed by atoms with Crippen molar-refractivity contribution < 1.29 is 14.3 Å². The van der Waals surface area contributed by atoms with Crippen LogP contribution in [0, 0.1) is 0 Å². The van der Waals surface area contributed by atoms with E-state index in [1.807, 2.05) is 6.92 Å². The number of thiophene rings is 1. The Labute approximate surface area is 93.0 Å². The molecule has 15 heavy (non-hydrogen) atoms. The number of esters is 1. The molecule has 0 radical (unpaired) electrons. The summed E-state index contributed by atoms with van der Waals surface area (Å²) < 4.78 is 10.1. The third kappa shape index (κ3) is 2.23. The molecule has 1 heterocycles. The van der Waals surface area contributed by atoms with Crippen LogP contribution in [0.4, 0.5) is 5.69 Å². The van der Waals surface area contributed by atoms with Gasteiger partial charge < -0.3 is 15.2 Å². The first-order chi connectivity index (χ1) is 7.15. The third-order valence-electron chi connectivity index (χ3n) is 2.01. The summed E-state index contributed by atoms with van der Waals surface area (Å²) in [4.78, 5) is 12.0. The zero-order valence-corrected chi connectivity index (χ0v) is 9.94. The second-order valence-electron chi connectivity index (χ2n) is 2.89. The number of carbonyl (C=O) groups excluding carboxylic acids is 1. The fraction of sp³-hybridized carbons (Fsp3) is 0.500. The van der Waals surface area contributed by atoms with Gasteiger partial charge in [-0.1, -0.05) is 18.3 Å². The van der Waals surface area contributed by atoms with E-state index >= 15 is 0 Å². The van der Waals surface area contributed by atoms with Crippen LogP contribution in [0.1, 0.15) is 29.1 Å². The minimum Gasteiger partial charge on any atom is -0.487 e. The summed E-state index contributed by atoms with van der Waals surface area (Å²) in [6, 6.07) is 0. The molecule has 0 aliphatic heterocycles. The lowest BCUT2D eigenvalue weighted by atomic mass is 10.2. The number of carbonyl (C=O) groups is 1. The van der Waals surface area contributed by atoms with Crippen molar-refractivity contribution in [2.45, 2.75) is 20.3 Å². The molecule has 0 spiro atoms. The van der Waals surface area contributed by atoms with Gasteiger partial charge in [-0.15, -0.1) is 0 Å². The molecule has 0 unspecified atom stereocenters. The quantitative estimate of drug-likeness (QED) is 0.803. The second-order valence-corrected chi connectivity index (χ2v) is 3.87. The van der Waals surface area contributed by atoms with Gasteiger partial charge in [0, 0.05) is 5.56 Å². The van der Waals surface area contributed by atoms with E-state index in [9.17, 15) is 4.79 Å². The minimum absolute atomic E-state index is 0.347. The first-order valence-corrected chi connectivity index (χ1v) is 5.59. The number of anilines is 1. The summed E-state index contributed by atoms with van der Waals surface area (Å²) >= 11 is 1.24. The molecule has 2 N–H and O–H groups in total. The Morgan fingerprint density at radius 2 is 2.13 bits per heavy atom. The second kappa shape index (κ2) is 5.02. The first-order valence-electron chi connectivity index (χ1n) is 4.77. The number of nitrogens with two attached hydrogens (primary N) is 1. The van der Waals surface area contributed by atoms with Gasteiger partial charge in [0.05, 0.1) is 19.4 Å². The van der Waals surface area contributed by atoms with Crippen LogP contribution in [-0.4, -0.2) is 19.7 Å². The summed E-state index contributed by atoms with van der Waals surface area (Å²) in [6.07, 6.45) is 0.741. The Kier molecular flexibility index (Phi) is 3.96. The van der Waals surface area contributed by atoms with Gasteiger partial charge in [0.2, 0.25) is 0 Å². The lowest BCUT2D eigenvalue weighted by Gasteiger charge is -2.00.